The number of aromatic nitrogens is 3. The van der Waals surface area contributed by atoms with Gasteiger partial charge in [-0.05, 0) is 37.0 Å². The Morgan fingerprint density at radius 1 is 1.29 bits per heavy atom. The standard InChI is InChI=1S/C17H25N3O/c1-2-5-17(21)14-8-10-19(12-14)13-15-9-11-20(18-15)16-6-3-4-7-16/h8-12,16-17,21H,2-7,13H2,1H3. The van der Waals surface area contributed by atoms with E-state index in [2.05, 4.69) is 28.4 Å². The lowest BCUT2D eigenvalue weighted by Crippen LogP contribution is -2.06. The smallest absolute Gasteiger partial charge is 0.0821 e. The van der Waals surface area contributed by atoms with Gasteiger partial charge in [-0.2, -0.15) is 5.10 Å². The molecule has 4 heteroatoms. The molecule has 1 N–H and O–H groups in total. The number of nitrogens with zero attached hydrogens (tertiary/aromatic N) is 3. The van der Waals surface area contributed by atoms with Crippen molar-refractivity contribution in [3.8, 4) is 0 Å². The van der Waals surface area contributed by atoms with Gasteiger partial charge >= 0.3 is 0 Å². The summed E-state index contributed by atoms with van der Waals surface area (Å²) in [6.45, 7) is 2.87. The quantitative estimate of drug-likeness (QED) is 0.880. The predicted molar refractivity (Wildman–Crippen MR) is 83.1 cm³/mol. The summed E-state index contributed by atoms with van der Waals surface area (Å²) >= 11 is 0. The third-order valence-corrected chi connectivity index (χ3v) is 4.43. The van der Waals surface area contributed by atoms with E-state index < -0.39 is 0 Å². The average Bonchev–Trinajstić information content (AvgIpc) is 3.20. The van der Waals surface area contributed by atoms with E-state index in [-0.39, 0.29) is 6.10 Å². The van der Waals surface area contributed by atoms with Crippen LogP contribution in [0.3, 0.4) is 0 Å². The van der Waals surface area contributed by atoms with E-state index in [0.717, 1.165) is 30.6 Å². The summed E-state index contributed by atoms with van der Waals surface area (Å²) in [5.74, 6) is 0. The van der Waals surface area contributed by atoms with Gasteiger partial charge in [-0.25, -0.2) is 0 Å². The Hall–Kier alpha value is -1.55. The zero-order valence-corrected chi connectivity index (χ0v) is 12.8. The van der Waals surface area contributed by atoms with Gasteiger partial charge in [0.25, 0.3) is 0 Å². The van der Waals surface area contributed by atoms with Gasteiger partial charge in [0, 0.05) is 18.6 Å². The van der Waals surface area contributed by atoms with Crippen LogP contribution in [0.2, 0.25) is 0 Å². The van der Waals surface area contributed by atoms with Gasteiger partial charge < -0.3 is 9.67 Å². The summed E-state index contributed by atoms with van der Waals surface area (Å²) in [5.41, 5.74) is 2.10. The van der Waals surface area contributed by atoms with Crippen molar-refractivity contribution in [3.05, 3.63) is 42.0 Å². The molecular formula is C17H25N3O. The molecule has 21 heavy (non-hydrogen) atoms. The van der Waals surface area contributed by atoms with Crippen LogP contribution in [0.1, 0.15) is 68.9 Å². The van der Waals surface area contributed by atoms with E-state index >= 15 is 0 Å². The maximum absolute atomic E-state index is 10.0. The summed E-state index contributed by atoms with van der Waals surface area (Å²) in [4.78, 5) is 0. The maximum atomic E-state index is 10.0. The third kappa shape index (κ3) is 3.38. The molecule has 1 unspecified atom stereocenters. The molecule has 0 amide bonds. The monoisotopic (exact) mass is 287 g/mol. The molecule has 1 atom stereocenters. The molecule has 0 radical (unpaired) electrons. The van der Waals surface area contributed by atoms with Gasteiger partial charge in [0.2, 0.25) is 0 Å². The van der Waals surface area contributed by atoms with E-state index in [1.165, 1.54) is 25.7 Å². The zero-order valence-electron chi connectivity index (χ0n) is 12.8. The molecule has 2 heterocycles. The highest BCUT2D eigenvalue weighted by molar-refractivity contribution is 5.15. The van der Waals surface area contributed by atoms with Gasteiger partial charge in [-0.15, -0.1) is 0 Å². The molecule has 0 spiro atoms. The first kappa shape index (κ1) is 14.4. The molecule has 0 aromatic carbocycles. The highest BCUT2D eigenvalue weighted by Crippen LogP contribution is 2.28. The van der Waals surface area contributed by atoms with Crippen molar-refractivity contribution in [3.63, 3.8) is 0 Å². The van der Waals surface area contributed by atoms with Gasteiger partial charge in [0.15, 0.2) is 0 Å². The van der Waals surface area contributed by atoms with Crippen LogP contribution in [0.4, 0.5) is 0 Å². The maximum Gasteiger partial charge on any atom is 0.0821 e. The fraction of sp³-hybridized carbons (Fsp3) is 0.588. The Morgan fingerprint density at radius 2 is 2.10 bits per heavy atom. The second-order valence-corrected chi connectivity index (χ2v) is 6.15. The van der Waals surface area contributed by atoms with Crippen LogP contribution in [0, 0.1) is 0 Å². The second-order valence-electron chi connectivity index (χ2n) is 6.15. The Labute approximate surface area is 126 Å². The zero-order chi connectivity index (χ0) is 14.7. The Balaban J connectivity index is 1.63. The molecule has 3 rings (SSSR count). The molecule has 1 aliphatic carbocycles. The first-order valence-electron chi connectivity index (χ1n) is 8.14. The van der Waals surface area contributed by atoms with Crippen LogP contribution in [-0.2, 0) is 6.54 Å². The Morgan fingerprint density at radius 3 is 2.86 bits per heavy atom. The van der Waals surface area contributed by atoms with Gasteiger partial charge in [-0.3, -0.25) is 4.68 Å². The molecule has 0 aliphatic heterocycles. The minimum absolute atomic E-state index is 0.340. The fourth-order valence-electron chi connectivity index (χ4n) is 3.22. The predicted octanol–water partition coefficient (Wildman–Crippen LogP) is 3.68. The minimum atomic E-state index is -0.340. The molecule has 4 nitrogen and oxygen atoms in total. The van der Waals surface area contributed by atoms with E-state index in [1.54, 1.807) is 0 Å². The lowest BCUT2D eigenvalue weighted by atomic mass is 10.1. The van der Waals surface area contributed by atoms with Gasteiger partial charge in [-0.1, -0.05) is 26.2 Å². The summed E-state index contributed by atoms with van der Waals surface area (Å²) in [6, 6.07) is 4.72. The summed E-state index contributed by atoms with van der Waals surface area (Å²) < 4.78 is 4.24. The number of aliphatic hydroxyl groups is 1. The minimum Gasteiger partial charge on any atom is -0.388 e. The lowest BCUT2D eigenvalue weighted by molar-refractivity contribution is 0.166. The molecule has 1 aliphatic rings. The van der Waals surface area contributed by atoms with Crippen molar-refractivity contribution in [2.45, 2.75) is 64.1 Å². The van der Waals surface area contributed by atoms with E-state index in [1.807, 2.05) is 18.5 Å². The van der Waals surface area contributed by atoms with E-state index in [4.69, 9.17) is 5.10 Å². The Kier molecular flexibility index (Phi) is 4.44. The molecule has 114 valence electrons. The lowest BCUT2D eigenvalue weighted by Gasteiger charge is -2.09. The topological polar surface area (TPSA) is 43.0 Å². The molecule has 0 bridgehead atoms. The highest BCUT2D eigenvalue weighted by Gasteiger charge is 2.17. The summed E-state index contributed by atoms with van der Waals surface area (Å²) in [6.07, 6.45) is 12.8. The van der Waals surface area contributed by atoms with Gasteiger partial charge in [0.05, 0.1) is 24.4 Å². The first-order valence-corrected chi connectivity index (χ1v) is 8.14. The van der Waals surface area contributed by atoms with Crippen molar-refractivity contribution in [1.82, 2.24) is 14.3 Å². The van der Waals surface area contributed by atoms with Crippen molar-refractivity contribution in [2.24, 2.45) is 0 Å². The molecule has 2 aromatic heterocycles. The number of hydrogen-bond acceptors (Lipinski definition) is 2. The average molecular weight is 287 g/mol. The molecule has 1 saturated carbocycles. The van der Waals surface area contributed by atoms with Crippen molar-refractivity contribution in [2.75, 3.05) is 0 Å². The Bertz CT molecular complexity index is 566. The molecule has 1 fully saturated rings. The summed E-state index contributed by atoms with van der Waals surface area (Å²) in [7, 11) is 0. The SMILES string of the molecule is CCCC(O)c1ccn(Cc2ccn(C3CCCC3)n2)c1. The van der Waals surface area contributed by atoms with Crippen LogP contribution in [0.25, 0.3) is 0 Å². The van der Waals surface area contributed by atoms with Crippen LogP contribution in [0.5, 0.6) is 0 Å². The molecular weight excluding hydrogens is 262 g/mol. The number of aliphatic hydroxyl groups excluding tert-OH is 1. The molecule has 0 saturated heterocycles. The van der Waals surface area contributed by atoms with E-state index in [9.17, 15) is 5.11 Å². The molecule has 2 aromatic rings. The normalized spacial score (nSPS) is 17.4. The number of hydrogen-bond donors (Lipinski definition) is 1. The fourth-order valence-corrected chi connectivity index (χ4v) is 3.22. The van der Waals surface area contributed by atoms with Crippen LogP contribution >= 0.6 is 0 Å². The van der Waals surface area contributed by atoms with Crippen molar-refractivity contribution in [1.29, 1.82) is 0 Å². The third-order valence-electron chi connectivity index (χ3n) is 4.43. The number of rotatable bonds is 6. The van der Waals surface area contributed by atoms with Crippen molar-refractivity contribution >= 4 is 0 Å². The van der Waals surface area contributed by atoms with Crippen LogP contribution < -0.4 is 0 Å². The summed E-state index contributed by atoms with van der Waals surface area (Å²) in [5, 5.41) is 14.7. The van der Waals surface area contributed by atoms with Crippen molar-refractivity contribution < 1.29 is 5.11 Å². The first-order chi connectivity index (χ1) is 10.3. The second kappa shape index (κ2) is 6.48. The van der Waals surface area contributed by atoms with Gasteiger partial charge in [0.1, 0.15) is 0 Å². The van der Waals surface area contributed by atoms with Crippen LogP contribution in [0.15, 0.2) is 30.7 Å². The van der Waals surface area contributed by atoms with Crippen LogP contribution in [-0.4, -0.2) is 19.5 Å². The van der Waals surface area contributed by atoms with E-state index in [0.29, 0.717) is 6.04 Å². The largest absolute Gasteiger partial charge is 0.388 e. The highest BCUT2D eigenvalue weighted by atomic mass is 16.3.